The lowest BCUT2D eigenvalue weighted by Crippen LogP contribution is -2.48. The van der Waals surface area contributed by atoms with Crippen LogP contribution in [0.3, 0.4) is 0 Å². The Balaban J connectivity index is 2.29. The van der Waals surface area contributed by atoms with Crippen molar-refractivity contribution in [3.8, 4) is 11.1 Å². The van der Waals surface area contributed by atoms with E-state index >= 15 is 0 Å². The van der Waals surface area contributed by atoms with Gasteiger partial charge in [0.15, 0.2) is 11.6 Å². The van der Waals surface area contributed by atoms with Crippen LogP contribution in [0.5, 0.6) is 0 Å². The van der Waals surface area contributed by atoms with Crippen molar-refractivity contribution in [2.24, 2.45) is 10.8 Å². The van der Waals surface area contributed by atoms with Gasteiger partial charge >= 0.3 is 0 Å². The van der Waals surface area contributed by atoms with Gasteiger partial charge in [0.25, 0.3) is 0 Å². The summed E-state index contributed by atoms with van der Waals surface area (Å²) in [5.74, 6) is -0.784. The molecule has 1 aliphatic carbocycles. The predicted molar refractivity (Wildman–Crippen MR) is 113 cm³/mol. The van der Waals surface area contributed by atoms with Crippen LogP contribution in [-0.4, -0.2) is 16.7 Å². The Labute approximate surface area is 171 Å². The second-order valence-electron chi connectivity index (χ2n) is 8.57. The maximum atomic E-state index is 13.2. The van der Waals surface area contributed by atoms with Crippen molar-refractivity contribution in [1.29, 1.82) is 0 Å². The maximum Gasteiger partial charge on any atom is 0.179 e. The van der Waals surface area contributed by atoms with E-state index in [0.717, 1.165) is 22.3 Å². The third-order valence-electron chi connectivity index (χ3n) is 5.84. The van der Waals surface area contributed by atoms with Crippen LogP contribution in [0.2, 0.25) is 5.02 Å². The van der Waals surface area contributed by atoms with Crippen molar-refractivity contribution < 1.29 is 14.7 Å². The highest BCUT2D eigenvalue weighted by molar-refractivity contribution is 6.34. The number of allylic oxidation sites excluding steroid dienone is 2. The number of rotatable bonds is 2. The third kappa shape index (κ3) is 2.89. The van der Waals surface area contributed by atoms with Crippen LogP contribution < -0.4 is 0 Å². The number of aliphatic hydroxyl groups is 1. The molecule has 0 saturated carbocycles. The molecule has 0 atom stereocenters. The second-order valence-corrected chi connectivity index (χ2v) is 8.98. The summed E-state index contributed by atoms with van der Waals surface area (Å²) in [5, 5.41) is 11.6. The molecule has 146 valence electrons. The van der Waals surface area contributed by atoms with E-state index in [1.807, 2.05) is 50.2 Å². The van der Waals surface area contributed by atoms with Crippen LogP contribution in [0, 0.1) is 24.7 Å². The quantitative estimate of drug-likeness (QED) is 0.624. The van der Waals surface area contributed by atoms with Gasteiger partial charge in [0.2, 0.25) is 0 Å². The largest absolute Gasteiger partial charge is 0.510 e. The summed E-state index contributed by atoms with van der Waals surface area (Å²) < 4.78 is 0. The Morgan fingerprint density at radius 3 is 2.18 bits per heavy atom. The number of benzene rings is 2. The van der Waals surface area contributed by atoms with Crippen molar-refractivity contribution in [2.45, 2.75) is 41.5 Å². The molecule has 3 nitrogen and oxygen atoms in total. The van der Waals surface area contributed by atoms with Crippen molar-refractivity contribution >= 4 is 28.7 Å². The molecular formula is C24H25ClO3. The molecule has 0 saturated heterocycles. The number of ketones is 2. The topological polar surface area (TPSA) is 54.4 Å². The van der Waals surface area contributed by atoms with Gasteiger partial charge in [0.1, 0.15) is 5.76 Å². The van der Waals surface area contributed by atoms with E-state index in [4.69, 9.17) is 11.6 Å². The molecular weight excluding hydrogens is 372 g/mol. The summed E-state index contributed by atoms with van der Waals surface area (Å²) in [7, 11) is 0. The molecule has 4 heteroatoms. The molecule has 0 heterocycles. The number of carbonyl (C=O) groups is 2. The minimum absolute atomic E-state index is 0.162. The van der Waals surface area contributed by atoms with Crippen molar-refractivity contribution in [3.63, 3.8) is 0 Å². The van der Waals surface area contributed by atoms with Crippen molar-refractivity contribution in [2.75, 3.05) is 0 Å². The average Bonchev–Trinajstić information content (AvgIpc) is 2.64. The Morgan fingerprint density at radius 1 is 0.893 bits per heavy atom. The smallest absolute Gasteiger partial charge is 0.179 e. The molecule has 0 aromatic heterocycles. The van der Waals surface area contributed by atoms with Crippen molar-refractivity contribution in [3.05, 3.63) is 63.9 Å². The van der Waals surface area contributed by atoms with E-state index in [0.29, 0.717) is 10.6 Å². The lowest BCUT2D eigenvalue weighted by atomic mass is 9.62. The lowest BCUT2D eigenvalue weighted by Gasteiger charge is -2.38. The number of aliphatic hydroxyl groups excluding tert-OH is 1. The first-order chi connectivity index (χ1) is 12.9. The van der Waals surface area contributed by atoms with E-state index in [2.05, 4.69) is 0 Å². The predicted octanol–water partition coefficient (Wildman–Crippen LogP) is 6.10. The fourth-order valence-electron chi connectivity index (χ4n) is 3.95. The van der Waals surface area contributed by atoms with Crippen LogP contribution in [-0.2, 0) is 9.59 Å². The molecule has 3 rings (SSSR count). The summed E-state index contributed by atoms with van der Waals surface area (Å²) in [6, 6.07) is 11.5. The van der Waals surface area contributed by atoms with Gasteiger partial charge in [-0.2, -0.15) is 0 Å². The van der Waals surface area contributed by atoms with E-state index in [1.165, 1.54) is 0 Å². The Kier molecular flexibility index (Phi) is 4.79. The molecule has 1 N–H and O–H groups in total. The molecule has 0 amide bonds. The van der Waals surface area contributed by atoms with Crippen LogP contribution in [0.1, 0.15) is 44.4 Å². The van der Waals surface area contributed by atoms with E-state index in [-0.39, 0.29) is 22.9 Å². The number of carbonyl (C=O) groups excluding carboxylic acids is 2. The van der Waals surface area contributed by atoms with Gasteiger partial charge in [-0.15, -0.1) is 0 Å². The number of hydrogen-bond acceptors (Lipinski definition) is 3. The third-order valence-corrected chi connectivity index (χ3v) is 6.25. The first-order valence-corrected chi connectivity index (χ1v) is 9.68. The van der Waals surface area contributed by atoms with Crippen LogP contribution >= 0.6 is 11.6 Å². The first-order valence-electron chi connectivity index (χ1n) is 9.30. The molecule has 0 bridgehead atoms. The van der Waals surface area contributed by atoms with Crippen molar-refractivity contribution in [1.82, 2.24) is 0 Å². The molecule has 0 spiro atoms. The van der Waals surface area contributed by atoms with Crippen LogP contribution in [0.25, 0.3) is 16.7 Å². The average molecular weight is 397 g/mol. The van der Waals surface area contributed by atoms with E-state index in [9.17, 15) is 14.7 Å². The normalized spacial score (nSPS) is 18.5. The lowest BCUT2D eigenvalue weighted by molar-refractivity contribution is -0.143. The summed E-state index contributed by atoms with van der Waals surface area (Å²) in [4.78, 5) is 26.0. The monoisotopic (exact) mass is 396 g/mol. The molecule has 1 aliphatic rings. The molecule has 0 fully saturated rings. The zero-order valence-corrected chi connectivity index (χ0v) is 17.9. The highest BCUT2D eigenvalue weighted by Gasteiger charge is 2.53. The van der Waals surface area contributed by atoms with Gasteiger partial charge in [-0.1, -0.05) is 35.9 Å². The number of Topliss-reactive ketones (excluding diaryl/α,β-unsaturated/α-hetero) is 2. The molecule has 0 radical (unpaired) electrons. The van der Waals surface area contributed by atoms with Gasteiger partial charge in [-0.25, -0.2) is 0 Å². The number of halogens is 1. The highest BCUT2D eigenvalue weighted by Crippen LogP contribution is 2.47. The number of aryl methyl sites for hydroxylation is 1. The van der Waals surface area contributed by atoms with Gasteiger partial charge < -0.3 is 5.11 Å². The molecule has 0 aliphatic heterocycles. The molecule has 0 unspecified atom stereocenters. The second kappa shape index (κ2) is 6.59. The highest BCUT2D eigenvalue weighted by atomic mass is 35.5. The maximum absolute atomic E-state index is 13.2. The minimum atomic E-state index is -1.19. The SMILES string of the molecule is Cc1ccc(-c2cccc(Cl)c2C)cc1C1=C(O)C(C)(C)C(=O)C(C)(C)C1=O. The molecule has 2 aromatic carbocycles. The Hall–Kier alpha value is -2.39. The van der Waals surface area contributed by atoms with E-state index < -0.39 is 10.8 Å². The van der Waals surface area contributed by atoms with Gasteiger partial charge in [0, 0.05) is 5.02 Å². The molecule has 2 aromatic rings. The Morgan fingerprint density at radius 2 is 1.54 bits per heavy atom. The summed E-state index contributed by atoms with van der Waals surface area (Å²) in [6.07, 6.45) is 0. The van der Waals surface area contributed by atoms with Gasteiger partial charge in [-0.05, 0) is 81.5 Å². The van der Waals surface area contributed by atoms with Crippen LogP contribution in [0.15, 0.2) is 42.2 Å². The fourth-order valence-corrected chi connectivity index (χ4v) is 4.13. The standard InChI is InChI=1S/C24H25ClO3/c1-13-10-11-15(16-8-7-9-18(25)14(16)2)12-17(13)19-20(26)23(3,4)22(28)24(5,6)21(19)27/h7-12,26H,1-6H3. The number of hydrogen-bond donors (Lipinski definition) is 1. The molecule has 28 heavy (non-hydrogen) atoms. The first kappa shape index (κ1) is 20.3. The van der Waals surface area contributed by atoms with Gasteiger partial charge in [-0.3, -0.25) is 9.59 Å². The van der Waals surface area contributed by atoms with Crippen LogP contribution in [0.4, 0.5) is 0 Å². The Bertz CT molecular complexity index is 1040. The summed E-state index contributed by atoms with van der Waals surface area (Å²) in [6.45, 7) is 10.4. The van der Waals surface area contributed by atoms with Gasteiger partial charge in [0.05, 0.1) is 16.4 Å². The summed E-state index contributed by atoms with van der Waals surface area (Å²) >= 11 is 6.28. The minimum Gasteiger partial charge on any atom is -0.510 e. The fraction of sp³-hybridized carbons (Fsp3) is 0.333. The zero-order chi connectivity index (χ0) is 21.0. The summed E-state index contributed by atoms with van der Waals surface area (Å²) in [5.41, 5.74) is 2.23. The zero-order valence-electron chi connectivity index (χ0n) is 17.1. The van der Waals surface area contributed by atoms with E-state index in [1.54, 1.807) is 27.7 Å².